The summed E-state index contributed by atoms with van der Waals surface area (Å²) >= 11 is 0. The molecule has 1 atom stereocenters. The normalized spacial score (nSPS) is 13.4. The van der Waals surface area contributed by atoms with Gasteiger partial charge in [-0.15, -0.1) is 0 Å². The lowest BCUT2D eigenvalue weighted by Crippen LogP contribution is -2.54. The predicted molar refractivity (Wildman–Crippen MR) is 62.8 cm³/mol. The van der Waals surface area contributed by atoms with E-state index in [-0.39, 0.29) is 11.4 Å². The lowest BCUT2D eigenvalue weighted by atomic mass is 10.3. The Morgan fingerprint density at radius 2 is 1.89 bits per heavy atom. The van der Waals surface area contributed by atoms with Crippen molar-refractivity contribution in [2.45, 2.75) is 10.1 Å². The maximum absolute atomic E-state index is 12.8. The summed E-state index contributed by atoms with van der Waals surface area (Å²) in [5.41, 5.74) is 3.64. The summed E-state index contributed by atoms with van der Waals surface area (Å²) < 4.78 is 42.6. The van der Waals surface area contributed by atoms with Crippen molar-refractivity contribution in [3.8, 4) is 0 Å². The molecule has 0 unspecified atom stereocenters. The predicted octanol–water partition coefficient (Wildman–Crippen LogP) is 1.18. The fourth-order valence-corrected chi connectivity index (χ4v) is 3.31. The van der Waals surface area contributed by atoms with E-state index >= 15 is 0 Å². The zero-order valence-electron chi connectivity index (χ0n) is 9.54. The first-order chi connectivity index (χ1) is 8.55. The van der Waals surface area contributed by atoms with Crippen molar-refractivity contribution in [3.05, 3.63) is 54.2 Å². The van der Waals surface area contributed by atoms with E-state index in [1.807, 2.05) is 0 Å². The van der Waals surface area contributed by atoms with E-state index in [0.717, 1.165) is 12.1 Å². The quantitative estimate of drug-likeness (QED) is 0.847. The van der Waals surface area contributed by atoms with Crippen molar-refractivity contribution in [3.63, 3.8) is 0 Å². The second-order valence-corrected chi connectivity index (χ2v) is 5.92. The van der Waals surface area contributed by atoms with Crippen LogP contribution >= 0.6 is 0 Å². The number of benzene rings is 1. The monoisotopic (exact) mass is 270 g/mol. The summed E-state index contributed by atoms with van der Waals surface area (Å²) in [5, 5.41) is -0.849. The smallest absolute Gasteiger partial charge is 0.194 e. The molecule has 0 amide bonds. The van der Waals surface area contributed by atoms with Gasteiger partial charge in [-0.2, -0.15) is 0 Å². The second-order valence-electron chi connectivity index (χ2n) is 3.79. The fourth-order valence-electron chi connectivity index (χ4n) is 1.71. The molecule has 2 aromatic rings. The lowest BCUT2D eigenvalue weighted by molar-refractivity contribution is -0.368. The van der Waals surface area contributed by atoms with Gasteiger partial charge in [0.05, 0.1) is 17.7 Å². The van der Waals surface area contributed by atoms with Crippen LogP contribution in [0.5, 0.6) is 0 Å². The fraction of sp³-hybridized carbons (Fsp3) is 0.167. The first kappa shape index (κ1) is 12.8. The molecular formula is C12H13FNO3S+. The standard InChI is InChI=1S/C12H12FNO3S/c13-9-3-5-10(6-4-9)18(15,16)12(8-14)11-2-1-7-17-11/h1-7,12H,8,14H2/p+1/t12-/m0/s1. The molecule has 96 valence electrons. The molecule has 0 aliphatic heterocycles. The molecule has 1 aromatic carbocycles. The first-order valence-electron chi connectivity index (χ1n) is 5.38. The van der Waals surface area contributed by atoms with E-state index < -0.39 is 20.9 Å². The third kappa shape index (κ3) is 2.30. The van der Waals surface area contributed by atoms with Crippen LogP contribution in [0.25, 0.3) is 0 Å². The van der Waals surface area contributed by atoms with Crippen molar-refractivity contribution in [1.82, 2.24) is 0 Å². The van der Waals surface area contributed by atoms with E-state index in [1.165, 1.54) is 18.4 Å². The summed E-state index contributed by atoms with van der Waals surface area (Å²) in [7, 11) is -3.61. The van der Waals surface area contributed by atoms with Crippen molar-refractivity contribution >= 4 is 9.84 Å². The number of quaternary nitrogens is 1. The Morgan fingerprint density at radius 1 is 1.22 bits per heavy atom. The Kier molecular flexibility index (Phi) is 3.49. The topological polar surface area (TPSA) is 74.9 Å². The van der Waals surface area contributed by atoms with Gasteiger partial charge < -0.3 is 10.2 Å². The highest BCUT2D eigenvalue weighted by Gasteiger charge is 2.31. The molecule has 0 fully saturated rings. The van der Waals surface area contributed by atoms with E-state index in [2.05, 4.69) is 5.73 Å². The lowest BCUT2D eigenvalue weighted by Gasteiger charge is -2.11. The van der Waals surface area contributed by atoms with Crippen molar-refractivity contribution in [1.29, 1.82) is 0 Å². The van der Waals surface area contributed by atoms with Crippen LogP contribution in [-0.4, -0.2) is 15.0 Å². The van der Waals surface area contributed by atoms with Crippen molar-refractivity contribution in [2.24, 2.45) is 0 Å². The largest absolute Gasteiger partial charge is 0.468 e. The Hall–Kier alpha value is -1.66. The molecule has 0 radical (unpaired) electrons. The Bertz CT molecular complexity index is 605. The average Bonchev–Trinajstić information content (AvgIpc) is 2.84. The van der Waals surface area contributed by atoms with E-state index in [1.54, 1.807) is 12.1 Å². The molecule has 0 saturated heterocycles. The highest BCUT2D eigenvalue weighted by Crippen LogP contribution is 2.28. The zero-order chi connectivity index (χ0) is 13.2. The number of furan rings is 1. The minimum absolute atomic E-state index is 0.0638. The molecule has 18 heavy (non-hydrogen) atoms. The number of halogens is 1. The number of hydrogen-bond acceptors (Lipinski definition) is 3. The maximum Gasteiger partial charge on any atom is 0.194 e. The second kappa shape index (κ2) is 4.91. The van der Waals surface area contributed by atoms with Gasteiger partial charge in [-0.25, -0.2) is 12.8 Å². The van der Waals surface area contributed by atoms with E-state index in [9.17, 15) is 12.8 Å². The van der Waals surface area contributed by atoms with E-state index in [0.29, 0.717) is 5.76 Å². The molecular weight excluding hydrogens is 257 g/mol. The van der Waals surface area contributed by atoms with E-state index in [4.69, 9.17) is 4.42 Å². The molecule has 1 heterocycles. The molecule has 3 N–H and O–H groups in total. The highest BCUT2D eigenvalue weighted by molar-refractivity contribution is 7.91. The SMILES string of the molecule is [NH3+]C[C@@H](c1ccco1)S(=O)(=O)c1ccc(F)cc1. The maximum atomic E-state index is 12.8. The van der Waals surface area contributed by atoms with Crippen LogP contribution in [0.15, 0.2) is 52.0 Å². The van der Waals surface area contributed by atoms with Gasteiger partial charge in [0.2, 0.25) is 0 Å². The van der Waals surface area contributed by atoms with Gasteiger partial charge in [0.25, 0.3) is 0 Å². The van der Waals surface area contributed by atoms with Crippen LogP contribution in [0.2, 0.25) is 0 Å². The first-order valence-corrected chi connectivity index (χ1v) is 6.92. The summed E-state index contributed by atoms with van der Waals surface area (Å²) in [6.45, 7) is 0.146. The van der Waals surface area contributed by atoms with Gasteiger partial charge in [0.1, 0.15) is 11.6 Å². The summed E-state index contributed by atoms with van der Waals surface area (Å²) in [6, 6.07) is 7.95. The molecule has 0 saturated carbocycles. The third-order valence-electron chi connectivity index (χ3n) is 2.64. The summed E-state index contributed by atoms with van der Waals surface area (Å²) in [4.78, 5) is 0.0638. The van der Waals surface area contributed by atoms with Gasteiger partial charge in [0, 0.05) is 0 Å². The molecule has 6 heteroatoms. The minimum Gasteiger partial charge on any atom is -0.468 e. The molecule has 0 bridgehead atoms. The Morgan fingerprint density at radius 3 is 2.39 bits per heavy atom. The van der Waals surface area contributed by atoms with Crippen LogP contribution in [0, 0.1) is 5.82 Å². The Balaban J connectivity index is 2.44. The van der Waals surface area contributed by atoms with Gasteiger partial charge in [-0.05, 0) is 36.4 Å². The van der Waals surface area contributed by atoms with Crippen molar-refractivity contribution in [2.75, 3.05) is 6.54 Å². The molecule has 0 aliphatic rings. The van der Waals surface area contributed by atoms with Crippen LogP contribution in [0.1, 0.15) is 11.0 Å². The Labute approximate surface area is 104 Å². The van der Waals surface area contributed by atoms with Crippen LogP contribution in [0.4, 0.5) is 4.39 Å². The van der Waals surface area contributed by atoms with Gasteiger partial charge >= 0.3 is 0 Å². The molecule has 0 spiro atoms. The summed E-state index contributed by atoms with van der Waals surface area (Å²) in [5.74, 6) is -0.132. The summed E-state index contributed by atoms with van der Waals surface area (Å²) in [6.07, 6.45) is 1.41. The van der Waals surface area contributed by atoms with Gasteiger partial charge in [0.15, 0.2) is 15.1 Å². The number of rotatable bonds is 4. The van der Waals surface area contributed by atoms with Crippen molar-refractivity contribution < 1.29 is 23.0 Å². The zero-order valence-corrected chi connectivity index (χ0v) is 10.4. The van der Waals surface area contributed by atoms with Gasteiger partial charge in [-0.3, -0.25) is 0 Å². The van der Waals surface area contributed by atoms with Crippen LogP contribution in [-0.2, 0) is 9.84 Å². The molecule has 0 aliphatic carbocycles. The number of sulfone groups is 1. The molecule has 1 aromatic heterocycles. The highest BCUT2D eigenvalue weighted by atomic mass is 32.2. The third-order valence-corrected chi connectivity index (χ3v) is 4.79. The van der Waals surface area contributed by atoms with Crippen LogP contribution < -0.4 is 5.73 Å². The molecule has 2 rings (SSSR count). The molecule has 4 nitrogen and oxygen atoms in total. The minimum atomic E-state index is -3.61. The van der Waals surface area contributed by atoms with Gasteiger partial charge in [-0.1, -0.05) is 0 Å². The van der Waals surface area contributed by atoms with Crippen LogP contribution in [0.3, 0.4) is 0 Å². The number of hydrogen-bond donors (Lipinski definition) is 1. The average molecular weight is 270 g/mol.